The molecule has 7 heteroatoms. The number of esters is 1. The van der Waals surface area contributed by atoms with Crippen LogP contribution in [0.2, 0.25) is 0 Å². The Morgan fingerprint density at radius 2 is 1.48 bits per heavy atom. The second kappa shape index (κ2) is 8.86. The summed E-state index contributed by atoms with van der Waals surface area (Å²) in [5, 5.41) is 0. The quantitative estimate of drug-likeness (QED) is 0.317. The molecule has 33 heavy (non-hydrogen) atoms. The fourth-order valence-electron chi connectivity index (χ4n) is 4.06. The van der Waals surface area contributed by atoms with E-state index in [-0.39, 0.29) is 23.3 Å². The van der Waals surface area contributed by atoms with Gasteiger partial charge in [-0.2, -0.15) is 0 Å². The van der Waals surface area contributed by atoms with Gasteiger partial charge in [0.2, 0.25) is 5.78 Å². The normalized spacial score (nSPS) is 13.7. The summed E-state index contributed by atoms with van der Waals surface area (Å²) >= 11 is 0. The zero-order valence-corrected chi connectivity index (χ0v) is 18.7. The van der Waals surface area contributed by atoms with Crippen LogP contribution in [0.4, 0.5) is 0 Å². The number of amides is 2. The van der Waals surface area contributed by atoms with Crippen LogP contribution >= 0.6 is 0 Å². The first-order valence-corrected chi connectivity index (χ1v) is 10.6. The number of imide groups is 1. The van der Waals surface area contributed by atoms with E-state index in [9.17, 15) is 19.2 Å². The van der Waals surface area contributed by atoms with Gasteiger partial charge in [-0.1, -0.05) is 42.5 Å². The summed E-state index contributed by atoms with van der Waals surface area (Å²) in [4.78, 5) is 52.8. The third-order valence-corrected chi connectivity index (χ3v) is 6.10. The predicted octanol–water partition coefficient (Wildman–Crippen LogP) is 3.28. The lowest BCUT2D eigenvalue weighted by Crippen LogP contribution is -2.47. The van der Waals surface area contributed by atoms with E-state index in [1.54, 1.807) is 42.5 Å². The molecule has 1 aromatic heterocycles. The van der Waals surface area contributed by atoms with Gasteiger partial charge in [0.25, 0.3) is 11.8 Å². The maximum atomic E-state index is 13.1. The minimum absolute atomic E-state index is 0.0861. The highest BCUT2D eigenvalue weighted by molar-refractivity contribution is 6.22. The van der Waals surface area contributed by atoms with Crippen molar-refractivity contribution in [3.63, 3.8) is 0 Å². The third-order valence-electron chi connectivity index (χ3n) is 6.10. The highest BCUT2D eigenvalue weighted by atomic mass is 16.5. The van der Waals surface area contributed by atoms with Crippen molar-refractivity contribution in [3.05, 3.63) is 94.3 Å². The number of rotatable bonds is 7. The van der Waals surface area contributed by atoms with Crippen molar-refractivity contribution < 1.29 is 23.9 Å². The van der Waals surface area contributed by atoms with Gasteiger partial charge in [-0.15, -0.1) is 0 Å². The van der Waals surface area contributed by atoms with Gasteiger partial charge in [0.1, 0.15) is 6.04 Å². The summed E-state index contributed by atoms with van der Waals surface area (Å²) in [5.41, 5.74) is 3.42. The summed E-state index contributed by atoms with van der Waals surface area (Å²) in [6.07, 6.45) is 0.0861. The maximum absolute atomic E-state index is 13.1. The van der Waals surface area contributed by atoms with Crippen molar-refractivity contribution in [1.82, 2.24) is 9.47 Å². The smallest absolute Gasteiger partial charge is 0.330 e. The van der Waals surface area contributed by atoms with Crippen LogP contribution in [0.5, 0.6) is 0 Å². The standard InChI is InChI=1S/C26H24N2O5/c1-16-13-21(17(2)27(16)3)23(29)15-33-26(32)22(14-18-9-5-4-6-10-18)28-24(30)19-11-7-8-12-20(19)25(28)31/h4-13,22H,14-15H2,1-3H3. The molecule has 1 aliphatic rings. The fourth-order valence-corrected chi connectivity index (χ4v) is 4.06. The van der Waals surface area contributed by atoms with E-state index in [0.29, 0.717) is 5.56 Å². The molecule has 1 aliphatic heterocycles. The van der Waals surface area contributed by atoms with Crippen molar-refractivity contribution in [3.8, 4) is 0 Å². The molecule has 3 aromatic rings. The highest BCUT2D eigenvalue weighted by Crippen LogP contribution is 2.26. The van der Waals surface area contributed by atoms with E-state index in [4.69, 9.17) is 4.74 Å². The van der Waals surface area contributed by atoms with E-state index in [1.165, 1.54) is 0 Å². The lowest BCUT2D eigenvalue weighted by atomic mass is 10.0. The summed E-state index contributed by atoms with van der Waals surface area (Å²) < 4.78 is 7.24. The average Bonchev–Trinajstić information content (AvgIpc) is 3.23. The monoisotopic (exact) mass is 444 g/mol. The number of ether oxygens (including phenoxy) is 1. The van der Waals surface area contributed by atoms with E-state index >= 15 is 0 Å². The summed E-state index contributed by atoms with van der Waals surface area (Å²) in [6, 6.07) is 16.1. The number of aryl methyl sites for hydroxylation is 1. The molecule has 7 nitrogen and oxygen atoms in total. The number of ketones is 1. The number of carbonyl (C=O) groups is 4. The van der Waals surface area contributed by atoms with Crippen molar-refractivity contribution >= 4 is 23.6 Å². The van der Waals surface area contributed by atoms with Crippen molar-refractivity contribution in [2.75, 3.05) is 6.61 Å². The van der Waals surface area contributed by atoms with Crippen LogP contribution < -0.4 is 0 Å². The molecule has 1 atom stereocenters. The Kier molecular flexibility index (Phi) is 5.96. The number of carbonyl (C=O) groups excluding carboxylic acids is 4. The average molecular weight is 444 g/mol. The zero-order valence-electron chi connectivity index (χ0n) is 18.7. The molecule has 0 saturated heterocycles. The Morgan fingerprint density at radius 3 is 2.03 bits per heavy atom. The van der Waals surface area contributed by atoms with Crippen LogP contribution in [-0.4, -0.2) is 45.7 Å². The molecule has 2 heterocycles. The van der Waals surface area contributed by atoms with E-state index in [2.05, 4.69) is 0 Å². The minimum Gasteiger partial charge on any atom is -0.456 e. The van der Waals surface area contributed by atoms with Crippen molar-refractivity contribution in [2.24, 2.45) is 7.05 Å². The minimum atomic E-state index is -1.19. The molecule has 2 aromatic carbocycles. The SMILES string of the molecule is Cc1cc(C(=O)COC(=O)C(Cc2ccccc2)N2C(=O)c3ccccc3C2=O)c(C)n1C. The molecule has 0 N–H and O–H groups in total. The van der Waals surface area contributed by atoms with E-state index < -0.39 is 30.4 Å². The van der Waals surface area contributed by atoms with E-state index in [0.717, 1.165) is 21.9 Å². The predicted molar refractivity (Wildman–Crippen MR) is 121 cm³/mol. The van der Waals surface area contributed by atoms with Gasteiger partial charge < -0.3 is 9.30 Å². The van der Waals surface area contributed by atoms with E-state index in [1.807, 2.05) is 43.7 Å². The van der Waals surface area contributed by atoms with Gasteiger partial charge in [0, 0.05) is 30.4 Å². The number of nitrogens with zero attached hydrogens (tertiary/aromatic N) is 2. The first-order valence-electron chi connectivity index (χ1n) is 10.6. The van der Waals surface area contributed by atoms with Gasteiger partial charge in [-0.05, 0) is 37.6 Å². The number of hydrogen-bond donors (Lipinski definition) is 0. The topological polar surface area (TPSA) is 85.7 Å². The lowest BCUT2D eigenvalue weighted by Gasteiger charge is -2.24. The van der Waals surface area contributed by atoms with Gasteiger partial charge in [0.05, 0.1) is 11.1 Å². The summed E-state index contributed by atoms with van der Waals surface area (Å²) in [6.45, 7) is 3.23. The Hall–Kier alpha value is -4.00. The van der Waals surface area contributed by atoms with Crippen molar-refractivity contribution in [1.29, 1.82) is 0 Å². The second-order valence-electron chi connectivity index (χ2n) is 8.11. The highest BCUT2D eigenvalue weighted by Gasteiger charge is 2.43. The lowest BCUT2D eigenvalue weighted by molar-refractivity contribution is -0.147. The Balaban J connectivity index is 1.58. The molecule has 0 fully saturated rings. The zero-order chi connectivity index (χ0) is 23.7. The van der Waals surface area contributed by atoms with Crippen LogP contribution in [0, 0.1) is 13.8 Å². The molecule has 0 spiro atoms. The third kappa shape index (κ3) is 4.09. The molecular weight excluding hydrogens is 420 g/mol. The van der Waals surface area contributed by atoms with Crippen LogP contribution in [0.25, 0.3) is 0 Å². The van der Waals surface area contributed by atoms with Crippen LogP contribution in [0.3, 0.4) is 0 Å². The molecule has 0 saturated carbocycles. The number of fused-ring (bicyclic) bond motifs is 1. The van der Waals surface area contributed by atoms with Gasteiger partial charge in [-0.3, -0.25) is 19.3 Å². The largest absolute Gasteiger partial charge is 0.456 e. The number of hydrogen-bond acceptors (Lipinski definition) is 5. The molecule has 4 rings (SSSR count). The first kappa shape index (κ1) is 22.2. The Bertz CT molecular complexity index is 1220. The van der Waals surface area contributed by atoms with Crippen LogP contribution in [-0.2, 0) is 23.0 Å². The number of benzene rings is 2. The summed E-state index contributed by atoms with van der Waals surface area (Å²) in [7, 11) is 1.85. The molecule has 2 amide bonds. The molecular formula is C26H24N2O5. The van der Waals surface area contributed by atoms with Gasteiger partial charge in [0.15, 0.2) is 6.61 Å². The fraction of sp³-hybridized carbons (Fsp3) is 0.231. The number of aromatic nitrogens is 1. The van der Waals surface area contributed by atoms with Crippen LogP contribution in [0.1, 0.15) is 48.0 Å². The van der Waals surface area contributed by atoms with Crippen LogP contribution in [0.15, 0.2) is 60.7 Å². The molecule has 0 bridgehead atoms. The van der Waals surface area contributed by atoms with Gasteiger partial charge in [-0.25, -0.2) is 4.79 Å². The number of Topliss-reactive ketones (excluding diaryl/α,β-unsaturated/α-hetero) is 1. The molecule has 168 valence electrons. The van der Waals surface area contributed by atoms with Gasteiger partial charge >= 0.3 is 5.97 Å². The second-order valence-corrected chi connectivity index (χ2v) is 8.11. The maximum Gasteiger partial charge on any atom is 0.330 e. The Labute approximate surface area is 191 Å². The molecule has 1 unspecified atom stereocenters. The first-order chi connectivity index (χ1) is 15.8. The molecule has 0 radical (unpaired) electrons. The Morgan fingerprint density at radius 1 is 0.909 bits per heavy atom. The molecule has 0 aliphatic carbocycles. The van der Waals surface area contributed by atoms with Crippen molar-refractivity contribution in [2.45, 2.75) is 26.3 Å². The summed E-state index contributed by atoms with van der Waals surface area (Å²) in [5.74, 6) is -2.24.